The van der Waals surface area contributed by atoms with Gasteiger partial charge in [-0.05, 0) is 61.5 Å². The molecule has 1 aromatic heterocycles. The van der Waals surface area contributed by atoms with Crippen LogP contribution in [0.25, 0.3) is 10.9 Å². The van der Waals surface area contributed by atoms with Crippen LogP contribution in [-0.2, 0) is 17.5 Å². The Kier molecular flexibility index (Phi) is 6.72. The molecule has 35 heavy (non-hydrogen) atoms. The van der Waals surface area contributed by atoms with Crippen molar-refractivity contribution in [3.05, 3.63) is 89.0 Å². The molecule has 0 aliphatic heterocycles. The van der Waals surface area contributed by atoms with Crippen molar-refractivity contribution in [2.24, 2.45) is 0 Å². The first-order chi connectivity index (χ1) is 16.7. The summed E-state index contributed by atoms with van der Waals surface area (Å²) in [5, 5.41) is 2.74. The Bertz CT molecular complexity index is 1420. The monoisotopic (exact) mass is 483 g/mol. The zero-order valence-corrected chi connectivity index (χ0v) is 18.5. The van der Waals surface area contributed by atoms with Crippen molar-refractivity contribution >= 4 is 22.5 Å². The van der Waals surface area contributed by atoms with Gasteiger partial charge in [-0.2, -0.15) is 13.2 Å². The number of amides is 1. The lowest BCUT2D eigenvalue weighted by Crippen LogP contribution is -2.28. The Morgan fingerprint density at radius 1 is 1.03 bits per heavy atom. The smallest absolute Gasteiger partial charge is 0.416 e. The minimum absolute atomic E-state index is 0.000469. The van der Waals surface area contributed by atoms with Crippen molar-refractivity contribution in [2.75, 3.05) is 11.9 Å². The molecule has 0 saturated heterocycles. The summed E-state index contributed by atoms with van der Waals surface area (Å²) in [4.78, 5) is 29.5. The Hall–Kier alpha value is -4.34. The van der Waals surface area contributed by atoms with E-state index in [9.17, 15) is 22.8 Å². The van der Waals surface area contributed by atoms with Crippen molar-refractivity contribution in [3.8, 4) is 17.2 Å². The lowest BCUT2D eigenvalue weighted by atomic mass is 10.1. The zero-order valence-electron chi connectivity index (χ0n) is 18.5. The van der Waals surface area contributed by atoms with E-state index in [4.69, 9.17) is 9.47 Å². The Balaban J connectivity index is 1.60. The number of aromatic nitrogens is 2. The second-order valence-electron chi connectivity index (χ2n) is 7.46. The van der Waals surface area contributed by atoms with Gasteiger partial charge < -0.3 is 14.8 Å². The number of nitrogens with one attached hydrogen (secondary N) is 1. The highest BCUT2D eigenvalue weighted by Crippen LogP contribution is 2.37. The first-order valence-electron chi connectivity index (χ1n) is 10.6. The van der Waals surface area contributed by atoms with E-state index in [1.807, 2.05) is 6.92 Å². The summed E-state index contributed by atoms with van der Waals surface area (Å²) < 4.78 is 52.1. The second kappa shape index (κ2) is 9.88. The summed E-state index contributed by atoms with van der Waals surface area (Å²) in [5.74, 6) is 0.216. The average molecular weight is 483 g/mol. The number of rotatable bonds is 7. The van der Waals surface area contributed by atoms with Gasteiger partial charge in [-0.3, -0.25) is 14.2 Å². The van der Waals surface area contributed by atoms with Gasteiger partial charge in [-0.1, -0.05) is 12.1 Å². The van der Waals surface area contributed by atoms with Crippen LogP contribution in [0.5, 0.6) is 17.2 Å². The van der Waals surface area contributed by atoms with E-state index in [-0.39, 0.29) is 11.4 Å². The Morgan fingerprint density at radius 3 is 2.46 bits per heavy atom. The number of benzene rings is 3. The summed E-state index contributed by atoms with van der Waals surface area (Å²) in [6.45, 7) is 1.87. The zero-order chi connectivity index (χ0) is 25.0. The molecule has 1 amide bonds. The molecule has 180 valence electrons. The Morgan fingerprint density at radius 2 is 1.74 bits per heavy atom. The largest absolute Gasteiger partial charge is 0.494 e. The molecule has 3 aromatic carbocycles. The highest BCUT2D eigenvalue weighted by atomic mass is 19.4. The van der Waals surface area contributed by atoms with Crippen LogP contribution in [0, 0.1) is 0 Å². The van der Waals surface area contributed by atoms with Crippen LogP contribution >= 0.6 is 0 Å². The van der Waals surface area contributed by atoms with Gasteiger partial charge in [-0.25, -0.2) is 4.98 Å². The van der Waals surface area contributed by atoms with Gasteiger partial charge in [-0.15, -0.1) is 0 Å². The molecule has 0 atom stereocenters. The number of para-hydroxylation sites is 1. The SMILES string of the molecule is CCOc1ccc(Oc2ccc(C(F)(F)F)cc2NC(=O)Cn2cnc3ccccc3c2=O)cc1. The Labute approximate surface area is 197 Å². The molecule has 0 saturated carbocycles. The quantitative estimate of drug-likeness (QED) is 0.389. The minimum atomic E-state index is -4.63. The van der Waals surface area contributed by atoms with E-state index in [0.29, 0.717) is 29.0 Å². The van der Waals surface area contributed by atoms with Crippen LogP contribution in [0.1, 0.15) is 12.5 Å². The third-order valence-electron chi connectivity index (χ3n) is 4.99. The van der Waals surface area contributed by atoms with Crippen LogP contribution in [-0.4, -0.2) is 22.1 Å². The maximum Gasteiger partial charge on any atom is 0.416 e. The van der Waals surface area contributed by atoms with Gasteiger partial charge in [0.1, 0.15) is 18.0 Å². The molecule has 0 radical (unpaired) electrons. The highest BCUT2D eigenvalue weighted by Gasteiger charge is 2.31. The number of carbonyl (C=O) groups excluding carboxylic acids is 1. The van der Waals surface area contributed by atoms with Crippen LogP contribution in [0.3, 0.4) is 0 Å². The molecule has 7 nitrogen and oxygen atoms in total. The van der Waals surface area contributed by atoms with Crippen molar-refractivity contribution in [1.82, 2.24) is 9.55 Å². The van der Waals surface area contributed by atoms with Gasteiger partial charge in [0.25, 0.3) is 5.56 Å². The molecule has 0 aliphatic rings. The summed E-state index contributed by atoms with van der Waals surface area (Å²) in [5.41, 5.74) is -1.13. The van der Waals surface area contributed by atoms with Gasteiger partial charge in [0, 0.05) is 0 Å². The van der Waals surface area contributed by atoms with Crippen molar-refractivity contribution < 1.29 is 27.4 Å². The first-order valence-corrected chi connectivity index (χ1v) is 10.6. The minimum Gasteiger partial charge on any atom is -0.494 e. The maximum atomic E-state index is 13.3. The fraction of sp³-hybridized carbons (Fsp3) is 0.160. The number of fused-ring (bicyclic) bond motifs is 1. The highest BCUT2D eigenvalue weighted by molar-refractivity contribution is 5.92. The van der Waals surface area contributed by atoms with E-state index in [1.54, 1.807) is 48.5 Å². The normalized spacial score (nSPS) is 11.3. The summed E-state index contributed by atoms with van der Waals surface area (Å²) in [6, 6.07) is 15.9. The molecular formula is C25H20F3N3O4. The van der Waals surface area contributed by atoms with E-state index in [1.165, 1.54) is 6.33 Å². The number of hydrogen-bond acceptors (Lipinski definition) is 5. The fourth-order valence-corrected chi connectivity index (χ4v) is 3.35. The lowest BCUT2D eigenvalue weighted by Gasteiger charge is -2.16. The molecule has 4 rings (SSSR count). The van der Waals surface area contributed by atoms with E-state index >= 15 is 0 Å². The fourth-order valence-electron chi connectivity index (χ4n) is 3.35. The molecule has 1 N–H and O–H groups in total. The van der Waals surface area contributed by atoms with Crippen LogP contribution in [0.4, 0.5) is 18.9 Å². The molecular weight excluding hydrogens is 463 g/mol. The summed E-state index contributed by atoms with van der Waals surface area (Å²) in [7, 11) is 0. The third kappa shape index (κ3) is 5.60. The average Bonchev–Trinajstić information content (AvgIpc) is 2.83. The first kappa shape index (κ1) is 23.8. The van der Waals surface area contributed by atoms with Gasteiger partial charge in [0.15, 0.2) is 5.75 Å². The van der Waals surface area contributed by atoms with Gasteiger partial charge in [0.2, 0.25) is 5.91 Å². The van der Waals surface area contributed by atoms with E-state index in [2.05, 4.69) is 10.3 Å². The summed E-state index contributed by atoms with van der Waals surface area (Å²) in [6.07, 6.45) is -3.41. The third-order valence-corrected chi connectivity index (χ3v) is 4.99. The number of alkyl halides is 3. The summed E-state index contributed by atoms with van der Waals surface area (Å²) >= 11 is 0. The number of nitrogens with zero attached hydrogens (tertiary/aromatic N) is 2. The molecule has 4 aromatic rings. The standard InChI is InChI=1S/C25H20F3N3O4/c1-2-34-17-8-10-18(11-9-17)35-22-12-7-16(25(26,27)28)13-21(22)30-23(32)14-31-15-29-20-6-4-3-5-19(20)24(31)33/h3-13,15H,2,14H2,1H3,(H,30,32). The molecule has 0 fully saturated rings. The van der Waals surface area contributed by atoms with Gasteiger partial charge >= 0.3 is 6.18 Å². The van der Waals surface area contributed by atoms with Gasteiger partial charge in [0.05, 0.1) is 35.1 Å². The molecule has 0 unspecified atom stereocenters. The number of hydrogen-bond donors (Lipinski definition) is 1. The van der Waals surface area contributed by atoms with Crippen molar-refractivity contribution in [1.29, 1.82) is 0 Å². The maximum absolute atomic E-state index is 13.3. The number of halogens is 3. The van der Waals surface area contributed by atoms with Crippen LogP contribution in [0.15, 0.2) is 77.9 Å². The number of anilines is 1. The van der Waals surface area contributed by atoms with Crippen molar-refractivity contribution in [3.63, 3.8) is 0 Å². The lowest BCUT2D eigenvalue weighted by molar-refractivity contribution is -0.137. The van der Waals surface area contributed by atoms with Crippen LogP contribution < -0.4 is 20.3 Å². The number of ether oxygens (including phenoxy) is 2. The molecule has 1 heterocycles. The topological polar surface area (TPSA) is 82.4 Å². The van der Waals surface area contributed by atoms with Crippen LogP contribution in [0.2, 0.25) is 0 Å². The second-order valence-corrected chi connectivity index (χ2v) is 7.46. The van der Waals surface area contributed by atoms with Crippen molar-refractivity contribution in [2.45, 2.75) is 19.6 Å². The molecule has 0 spiro atoms. The predicted molar refractivity (Wildman–Crippen MR) is 124 cm³/mol. The molecule has 0 bridgehead atoms. The number of carbonyl (C=O) groups is 1. The van der Waals surface area contributed by atoms with E-state index in [0.717, 1.165) is 22.8 Å². The molecule has 0 aliphatic carbocycles. The molecule has 10 heteroatoms. The van der Waals surface area contributed by atoms with E-state index < -0.39 is 29.8 Å². The predicted octanol–water partition coefficient (Wildman–Crippen LogP) is 5.25.